The Kier molecular flexibility index (Phi) is 5.73. The number of carbonyl (C=O) groups is 1. The Bertz CT molecular complexity index is 697. The summed E-state index contributed by atoms with van der Waals surface area (Å²) < 4.78 is 0. The van der Waals surface area contributed by atoms with Crippen molar-refractivity contribution in [3.63, 3.8) is 0 Å². The van der Waals surface area contributed by atoms with E-state index in [1.165, 1.54) is 18.4 Å². The molecule has 1 saturated carbocycles. The van der Waals surface area contributed by atoms with Gasteiger partial charge in [-0.25, -0.2) is 9.97 Å². The number of hydrogen-bond acceptors (Lipinski definition) is 5. The Hall–Kier alpha value is -1.49. The molecule has 0 amide bonds. The highest BCUT2D eigenvalue weighted by molar-refractivity contribution is 5.82. The van der Waals surface area contributed by atoms with Crippen LogP contribution in [0.1, 0.15) is 76.5 Å². The minimum atomic E-state index is 0.162. The maximum atomic E-state index is 12.3. The van der Waals surface area contributed by atoms with Crippen LogP contribution in [0, 0.1) is 18.8 Å². The highest BCUT2D eigenvalue weighted by Gasteiger charge is 2.41. The SMILES string of the molecule is CCN1CC2CCC(C1)N2c1ncc(C2CCC(C(=O)C(C)C)CC2)c(C)n1. The number of piperazine rings is 1. The van der Waals surface area contributed by atoms with E-state index in [9.17, 15) is 4.79 Å². The topological polar surface area (TPSA) is 49.3 Å². The number of rotatable bonds is 5. The van der Waals surface area contributed by atoms with Crippen LogP contribution in [-0.2, 0) is 4.79 Å². The van der Waals surface area contributed by atoms with Crippen LogP contribution in [-0.4, -0.2) is 52.4 Å². The molecule has 5 heteroatoms. The zero-order valence-electron chi connectivity index (χ0n) is 18.0. The molecule has 2 unspecified atom stereocenters. The number of aryl methyl sites for hydroxylation is 1. The second kappa shape index (κ2) is 8.10. The number of aromatic nitrogens is 2. The average molecular weight is 385 g/mol. The van der Waals surface area contributed by atoms with Gasteiger partial charge in [0.05, 0.1) is 0 Å². The van der Waals surface area contributed by atoms with Crippen LogP contribution >= 0.6 is 0 Å². The first-order valence-corrected chi connectivity index (χ1v) is 11.4. The van der Waals surface area contributed by atoms with E-state index in [4.69, 9.17) is 9.97 Å². The van der Waals surface area contributed by atoms with Gasteiger partial charge in [-0.1, -0.05) is 20.8 Å². The largest absolute Gasteiger partial charge is 0.332 e. The summed E-state index contributed by atoms with van der Waals surface area (Å²) in [5.74, 6) is 2.33. The summed E-state index contributed by atoms with van der Waals surface area (Å²) >= 11 is 0. The number of carbonyl (C=O) groups excluding carboxylic acids is 1. The Labute approximate surface area is 169 Å². The second-order valence-corrected chi connectivity index (χ2v) is 9.46. The summed E-state index contributed by atoms with van der Waals surface area (Å²) in [6.45, 7) is 11.9. The van der Waals surface area contributed by atoms with Gasteiger partial charge in [-0.15, -0.1) is 0 Å². The third kappa shape index (κ3) is 3.70. The lowest BCUT2D eigenvalue weighted by atomic mass is 9.75. The normalized spacial score (nSPS) is 30.8. The van der Waals surface area contributed by atoms with Gasteiger partial charge in [0.2, 0.25) is 5.95 Å². The summed E-state index contributed by atoms with van der Waals surface area (Å²) in [5.41, 5.74) is 2.44. The van der Waals surface area contributed by atoms with Crippen molar-refractivity contribution in [1.82, 2.24) is 14.9 Å². The first kappa shape index (κ1) is 19.8. The van der Waals surface area contributed by atoms with Gasteiger partial charge in [-0.3, -0.25) is 9.69 Å². The molecule has 0 N–H and O–H groups in total. The lowest BCUT2D eigenvalue weighted by Gasteiger charge is -2.41. The minimum absolute atomic E-state index is 0.162. The quantitative estimate of drug-likeness (QED) is 0.769. The standard InChI is InChI=1S/C23H36N4O/c1-5-26-13-19-10-11-20(14-26)27(19)23-24-12-21(16(4)25-23)17-6-8-18(9-7-17)22(28)15(2)3/h12,15,17-20H,5-11,13-14H2,1-4H3. The van der Waals surface area contributed by atoms with Gasteiger partial charge in [0.15, 0.2) is 0 Å². The Morgan fingerprint density at radius 2 is 1.75 bits per heavy atom. The molecule has 1 aromatic heterocycles. The van der Waals surface area contributed by atoms with Crippen molar-refractivity contribution in [3.05, 3.63) is 17.5 Å². The summed E-state index contributed by atoms with van der Waals surface area (Å²) in [6, 6.07) is 1.14. The van der Waals surface area contributed by atoms with E-state index in [1.807, 2.05) is 13.8 Å². The molecule has 28 heavy (non-hydrogen) atoms. The number of Topliss-reactive ketones (excluding diaryl/α,β-unsaturated/α-hetero) is 1. The molecule has 1 aliphatic carbocycles. The van der Waals surface area contributed by atoms with Crippen LogP contribution in [0.25, 0.3) is 0 Å². The number of likely N-dealkylation sites (N-methyl/N-ethyl adjacent to an activating group) is 1. The van der Waals surface area contributed by atoms with Crippen molar-refractivity contribution in [2.75, 3.05) is 24.5 Å². The molecule has 4 rings (SSSR count). The molecule has 0 aromatic carbocycles. The fraction of sp³-hybridized carbons (Fsp3) is 0.783. The van der Waals surface area contributed by atoms with Crippen molar-refractivity contribution in [3.8, 4) is 0 Å². The van der Waals surface area contributed by atoms with E-state index in [2.05, 4.69) is 29.8 Å². The average Bonchev–Trinajstić information content (AvgIpc) is 2.97. The lowest BCUT2D eigenvalue weighted by Crippen LogP contribution is -2.54. The zero-order valence-corrected chi connectivity index (χ0v) is 18.0. The van der Waals surface area contributed by atoms with Crippen molar-refractivity contribution in [2.45, 2.75) is 84.2 Å². The van der Waals surface area contributed by atoms with E-state index >= 15 is 0 Å². The van der Waals surface area contributed by atoms with Crippen LogP contribution in [0.5, 0.6) is 0 Å². The summed E-state index contributed by atoms with van der Waals surface area (Å²) in [7, 11) is 0. The van der Waals surface area contributed by atoms with Crippen LogP contribution in [0.4, 0.5) is 5.95 Å². The molecule has 0 radical (unpaired) electrons. The number of nitrogens with zero attached hydrogens (tertiary/aromatic N) is 4. The third-order valence-electron chi connectivity index (χ3n) is 7.38. The second-order valence-electron chi connectivity index (χ2n) is 9.46. The fourth-order valence-corrected chi connectivity index (χ4v) is 5.72. The maximum absolute atomic E-state index is 12.3. The van der Waals surface area contributed by atoms with E-state index in [1.54, 1.807) is 0 Å². The van der Waals surface area contributed by atoms with Crippen LogP contribution in [0.3, 0.4) is 0 Å². The molecule has 2 saturated heterocycles. The molecule has 5 nitrogen and oxygen atoms in total. The van der Waals surface area contributed by atoms with Gasteiger partial charge in [0.1, 0.15) is 5.78 Å². The Balaban J connectivity index is 1.44. The van der Waals surface area contributed by atoms with Gasteiger partial charge in [-0.05, 0) is 63.5 Å². The molecule has 3 fully saturated rings. The monoisotopic (exact) mass is 384 g/mol. The van der Waals surface area contributed by atoms with Crippen LogP contribution < -0.4 is 4.90 Å². The molecule has 2 atom stereocenters. The molecule has 0 spiro atoms. The Morgan fingerprint density at radius 3 is 2.29 bits per heavy atom. The third-order valence-corrected chi connectivity index (χ3v) is 7.38. The number of likely N-dealkylation sites (tertiary alicyclic amines) is 1. The molecule has 2 aliphatic heterocycles. The van der Waals surface area contributed by atoms with Crippen molar-refractivity contribution >= 4 is 11.7 Å². The fourth-order valence-electron chi connectivity index (χ4n) is 5.72. The zero-order chi connectivity index (χ0) is 19.8. The van der Waals surface area contributed by atoms with E-state index in [0.717, 1.165) is 57.0 Å². The summed E-state index contributed by atoms with van der Waals surface area (Å²) in [4.78, 5) is 27.2. The van der Waals surface area contributed by atoms with Crippen molar-refractivity contribution in [1.29, 1.82) is 0 Å². The smallest absolute Gasteiger partial charge is 0.226 e. The molecule has 1 aromatic rings. The lowest BCUT2D eigenvalue weighted by molar-refractivity contribution is -0.126. The van der Waals surface area contributed by atoms with Gasteiger partial charge in [-0.2, -0.15) is 0 Å². The highest BCUT2D eigenvalue weighted by atomic mass is 16.1. The van der Waals surface area contributed by atoms with Gasteiger partial charge < -0.3 is 4.90 Å². The number of anilines is 1. The predicted molar refractivity (Wildman–Crippen MR) is 113 cm³/mol. The molecule has 3 aliphatic rings. The Morgan fingerprint density at radius 1 is 1.11 bits per heavy atom. The van der Waals surface area contributed by atoms with Crippen LogP contribution in [0.2, 0.25) is 0 Å². The first-order valence-electron chi connectivity index (χ1n) is 11.4. The predicted octanol–water partition coefficient (Wildman–Crippen LogP) is 3.96. The number of hydrogen-bond donors (Lipinski definition) is 0. The van der Waals surface area contributed by atoms with Gasteiger partial charge in [0.25, 0.3) is 0 Å². The van der Waals surface area contributed by atoms with Crippen LogP contribution in [0.15, 0.2) is 6.20 Å². The summed E-state index contributed by atoms with van der Waals surface area (Å²) in [6.07, 6.45) is 8.84. The summed E-state index contributed by atoms with van der Waals surface area (Å²) in [5, 5.41) is 0. The number of fused-ring (bicyclic) bond motifs is 2. The van der Waals surface area contributed by atoms with Gasteiger partial charge in [0, 0.05) is 48.9 Å². The first-order chi connectivity index (χ1) is 13.5. The highest BCUT2D eigenvalue weighted by Crippen LogP contribution is 2.39. The van der Waals surface area contributed by atoms with Crippen molar-refractivity contribution in [2.24, 2.45) is 11.8 Å². The van der Waals surface area contributed by atoms with Gasteiger partial charge >= 0.3 is 0 Å². The molecule has 2 bridgehead atoms. The van der Waals surface area contributed by atoms with E-state index in [-0.39, 0.29) is 11.8 Å². The molecule has 3 heterocycles. The van der Waals surface area contributed by atoms with Crippen molar-refractivity contribution < 1.29 is 4.79 Å². The number of ketones is 1. The molecular weight excluding hydrogens is 348 g/mol. The minimum Gasteiger partial charge on any atom is -0.332 e. The van der Waals surface area contributed by atoms with E-state index in [0.29, 0.717) is 23.8 Å². The maximum Gasteiger partial charge on any atom is 0.226 e. The van der Waals surface area contributed by atoms with E-state index < -0.39 is 0 Å². The molecular formula is C23H36N4O. The molecule has 154 valence electrons.